The fourth-order valence-electron chi connectivity index (χ4n) is 8.28. The summed E-state index contributed by atoms with van der Waals surface area (Å²) < 4.78 is 25.0. The van der Waals surface area contributed by atoms with Crippen LogP contribution in [-0.4, -0.2) is 26.5 Å². The Hall–Kier alpha value is -4.94. The summed E-state index contributed by atoms with van der Waals surface area (Å²) in [6.07, 6.45) is 7.71. The van der Waals surface area contributed by atoms with Crippen molar-refractivity contribution in [3.63, 3.8) is 0 Å². The van der Waals surface area contributed by atoms with E-state index in [1.54, 1.807) is 26.4 Å². The Kier molecular flexibility index (Phi) is 12.1. The first kappa shape index (κ1) is 36.8. The SMILES string of the molecule is COc1cc2c(cc1OC)C(CCCC(CCCC(=O)CCc1ccc(F)cc1)(c1ccccc1)c1ccccc1)(Cc1ccc(N)cc1)NCC2. The lowest BCUT2D eigenvalue weighted by Gasteiger charge is -2.43. The lowest BCUT2D eigenvalue weighted by molar-refractivity contribution is -0.119. The number of Topliss-reactive ketones (excluding diaryl/α,β-unsaturated/α-hetero) is 1. The molecule has 0 saturated heterocycles. The number of fused-ring (bicyclic) bond motifs is 1. The highest BCUT2D eigenvalue weighted by Crippen LogP contribution is 2.46. The van der Waals surface area contributed by atoms with Crippen molar-refractivity contribution in [3.05, 3.63) is 161 Å². The van der Waals surface area contributed by atoms with E-state index in [2.05, 4.69) is 90.2 Å². The zero-order valence-electron chi connectivity index (χ0n) is 30.5. The predicted molar refractivity (Wildman–Crippen MR) is 209 cm³/mol. The van der Waals surface area contributed by atoms with E-state index >= 15 is 0 Å². The molecule has 0 aromatic heterocycles. The second kappa shape index (κ2) is 17.1. The van der Waals surface area contributed by atoms with Crippen molar-refractivity contribution in [2.75, 3.05) is 26.5 Å². The number of nitrogens with two attached hydrogens (primary N) is 1. The fraction of sp³-hybridized carbons (Fsp3) is 0.326. The number of halogens is 1. The zero-order valence-corrected chi connectivity index (χ0v) is 30.5. The number of carbonyl (C=O) groups excluding carboxylic acids is 1. The van der Waals surface area contributed by atoms with Gasteiger partial charge in [-0.15, -0.1) is 0 Å². The molecule has 1 atom stereocenters. The Morgan fingerprint density at radius 2 is 1.37 bits per heavy atom. The van der Waals surface area contributed by atoms with Crippen molar-refractivity contribution in [2.45, 2.75) is 75.2 Å². The van der Waals surface area contributed by atoms with Crippen molar-refractivity contribution >= 4 is 11.5 Å². The number of ether oxygens (including phenoxy) is 2. The zero-order chi connectivity index (χ0) is 36.4. The molecule has 52 heavy (non-hydrogen) atoms. The Morgan fingerprint density at radius 3 is 2.00 bits per heavy atom. The van der Waals surface area contributed by atoms with Crippen LogP contribution in [0.25, 0.3) is 0 Å². The number of methoxy groups -OCH3 is 2. The average molecular weight is 699 g/mol. The van der Waals surface area contributed by atoms with Gasteiger partial charge in [0.25, 0.3) is 0 Å². The van der Waals surface area contributed by atoms with Gasteiger partial charge in [-0.1, -0.05) is 91.3 Å². The van der Waals surface area contributed by atoms with E-state index in [4.69, 9.17) is 15.2 Å². The topological polar surface area (TPSA) is 73.6 Å². The summed E-state index contributed by atoms with van der Waals surface area (Å²) >= 11 is 0. The number of anilines is 1. The number of ketones is 1. The van der Waals surface area contributed by atoms with E-state index in [0.717, 1.165) is 74.2 Å². The number of hydrogen-bond donors (Lipinski definition) is 2. The molecule has 0 bridgehead atoms. The minimum absolute atomic E-state index is 0.245. The van der Waals surface area contributed by atoms with Crippen molar-refractivity contribution in [1.82, 2.24) is 5.32 Å². The number of hydrogen-bond acceptors (Lipinski definition) is 5. The molecule has 0 amide bonds. The third kappa shape index (κ3) is 8.56. The molecule has 5 nitrogen and oxygen atoms in total. The van der Waals surface area contributed by atoms with Crippen LogP contribution >= 0.6 is 0 Å². The number of benzene rings is 5. The van der Waals surface area contributed by atoms with E-state index in [-0.39, 0.29) is 22.6 Å². The molecule has 0 fully saturated rings. The maximum atomic E-state index is 13.4. The summed E-state index contributed by atoms with van der Waals surface area (Å²) in [5, 5.41) is 4.00. The third-order valence-electron chi connectivity index (χ3n) is 11.0. The standard InChI is InChI=1S/C46H51FN2O3/c1-51-43-31-36-26-30-49-46(42(36)32-44(43)52-2,33-35-18-23-40(48)24-19-35)29-10-28-45(37-11-5-3-6-12-37,38-13-7-4-8-14-38)27-9-15-41(50)25-20-34-16-21-39(47)22-17-34/h3-8,11-14,16-19,21-24,31-32,49H,9-10,15,20,25-30,33,48H2,1-2H3. The van der Waals surface area contributed by atoms with Gasteiger partial charge in [0.1, 0.15) is 11.6 Å². The molecule has 6 rings (SSSR count). The lowest BCUT2D eigenvalue weighted by Crippen LogP contribution is -2.49. The summed E-state index contributed by atoms with van der Waals surface area (Å²) in [7, 11) is 3.39. The molecule has 0 spiro atoms. The molecule has 5 aromatic carbocycles. The van der Waals surface area contributed by atoms with Crippen LogP contribution < -0.4 is 20.5 Å². The Labute approximate surface area is 308 Å². The molecule has 1 aliphatic rings. The molecular weight excluding hydrogens is 648 g/mol. The molecule has 3 N–H and O–H groups in total. The number of nitrogen functional groups attached to an aromatic ring is 1. The normalized spacial score (nSPS) is 15.5. The van der Waals surface area contributed by atoms with Crippen molar-refractivity contribution in [3.8, 4) is 11.5 Å². The molecule has 0 saturated carbocycles. The molecule has 0 aliphatic carbocycles. The van der Waals surface area contributed by atoms with Gasteiger partial charge in [0.2, 0.25) is 0 Å². The number of nitrogens with one attached hydrogen (secondary N) is 1. The van der Waals surface area contributed by atoms with E-state index in [9.17, 15) is 9.18 Å². The van der Waals surface area contributed by atoms with Crippen LogP contribution in [0, 0.1) is 5.82 Å². The minimum Gasteiger partial charge on any atom is -0.493 e. The summed E-state index contributed by atoms with van der Waals surface area (Å²) in [5.74, 6) is 1.48. The molecule has 1 aliphatic heterocycles. The largest absolute Gasteiger partial charge is 0.493 e. The van der Waals surface area contributed by atoms with E-state index in [0.29, 0.717) is 19.3 Å². The minimum atomic E-state index is -0.335. The van der Waals surface area contributed by atoms with Crippen LogP contribution in [0.1, 0.15) is 78.3 Å². The van der Waals surface area contributed by atoms with Crippen LogP contribution in [0.15, 0.2) is 121 Å². The Bertz CT molecular complexity index is 1860. The summed E-state index contributed by atoms with van der Waals surface area (Å²) in [5.41, 5.74) is 13.5. The summed E-state index contributed by atoms with van der Waals surface area (Å²) in [6, 6.07) is 40.7. The van der Waals surface area contributed by atoms with Gasteiger partial charge in [0, 0.05) is 36.0 Å². The number of rotatable bonds is 17. The van der Waals surface area contributed by atoms with Crippen molar-refractivity contribution in [1.29, 1.82) is 0 Å². The van der Waals surface area contributed by atoms with Crippen molar-refractivity contribution in [2.24, 2.45) is 0 Å². The summed E-state index contributed by atoms with van der Waals surface area (Å²) in [4.78, 5) is 13.2. The van der Waals surface area contributed by atoms with Gasteiger partial charge in [0.15, 0.2) is 11.5 Å². The highest BCUT2D eigenvalue weighted by molar-refractivity contribution is 5.78. The van der Waals surface area contributed by atoms with Gasteiger partial charge in [-0.3, -0.25) is 4.79 Å². The maximum absolute atomic E-state index is 13.4. The fourth-order valence-corrected chi connectivity index (χ4v) is 8.28. The third-order valence-corrected chi connectivity index (χ3v) is 11.0. The van der Waals surface area contributed by atoms with Gasteiger partial charge >= 0.3 is 0 Å². The first-order chi connectivity index (χ1) is 25.3. The first-order valence-corrected chi connectivity index (χ1v) is 18.6. The van der Waals surface area contributed by atoms with E-state index in [1.807, 2.05) is 12.1 Å². The molecule has 270 valence electrons. The van der Waals surface area contributed by atoms with Crippen LogP contribution in [0.2, 0.25) is 0 Å². The number of aryl methyl sites for hydroxylation is 1. The van der Waals surface area contributed by atoms with E-state index in [1.165, 1.54) is 39.9 Å². The summed E-state index contributed by atoms with van der Waals surface area (Å²) in [6.45, 7) is 0.861. The Morgan fingerprint density at radius 1 is 0.769 bits per heavy atom. The second-order valence-corrected chi connectivity index (χ2v) is 14.2. The van der Waals surface area contributed by atoms with E-state index < -0.39 is 0 Å². The van der Waals surface area contributed by atoms with Gasteiger partial charge in [-0.05, 0) is 115 Å². The molecule has 1 heterocycles. The van der Waals surface area contributed by atoms with Gasteiger partial charge in [-0.25, -0.2) is 4.39 Å². The maximum Gasteiger partial charge on any atom is 0.161 e. The van der Waals surface area contributed by atoms with Gasteiger partial charge in [-0.2, -0.15) is 0 Å². The lowest BCUT2D eigenvalue weighted by atomic mass is 9.66. The first-order valence-electron chi connectivity index (χ1n) is 18.6. The highest BCUT2D eigenvalue weighted by Gasteiger charge is 2.40. The van der Waals surface area contributed by atoms with Crippen LogP contribution in [-0.2, 0) is 35.0 Å². The van der Waals surface area contributed by atoms with Crippen LogP contribution in [0.3, 0.4) is 0 Å². The molecule has 0 radical (unpaired) electrons. The quantitative estimate of drug-likeness (QED) is 0.0947. The molecular formula is C46H51FN2O3. The molecule has 1 unspecified atom stereocenters. The molecule has 6 heteroatoms. The second-order valence-electron chi connectivity index (χ2n) is 14.2. The van der Waals surface area contributed by atoms with Crippen LogP contribution in [0.5, 0.6) is 11.5 Å². The smallest absolute Gasteiger partial charge is 0.161 e. The Balaban J connectivity index is 1.29. The van der Waals surface area contributed by atoms with Crippen molar-refractivity contribution < 1.29 is 18.7 Å². The van der Waals surface area contributed by atoms with Gasteiger partial charge in [0.05, 0.1) is 14.2 Å². The van der Waals surface area contributed by atoms with Gasteiger partial charge < -0.3 is 20.5 Å². The highest BCUT2D eigenvalue weighted by atomic mass is 19.1. The number of carbonyl (C=O) groups is 1. The molecule has 5 aromatic rings. The monoisotopic (exact) mass is 698 g/mol. The average Bonchev–Trinajstić information content (AvgIpc) is 3.18. The predicted octanol–water partition coefficient (Wildman–Crippen LogP) is 9.54. The van der Waals surface area contributed by atoms with Crippen LogP contribution in [0.4, 0.5) is 10.1 Å².